The molecule has 0 unspecified atom stereocenters. The molecular weight excluding hydrogens is 234 g/mol. The highest BCUT2D eigenvalue weighted by atomic mass is 16.1. The molecule has 0 saturated heterocycles. The molecule has 0 atom stereocenters. The maximum atomic E-state index is 12.7. The molecule has 0 aromatic heterocycles. The third-order valence-electron chi connectivity index (χ3n) is 3.73. The van der Waals surface area contributed by atoms with Crippen LogP contribution in [0.4, 0.5) is 5.69 Å². The highest BCUT2D eigenvalue weighted by Crippen LogP contribution is 2.27. The number of carbonyl (C=O) groups excluding carboxylic acids is 1. The van der Waals surface area contributed by atoms with Crippen molar-refractivity contribution < 1.29 is 4.79 Å². The van der Waals surface area contributed by atoms with Crippen LogP contribution >= 0.6 is 0 Å². The van der Waals surface area contributed by atoms with E-state index in [-0.39, 0.29) is 5.78 Å². The predicted octanol–water partition coefficient (Wildman–Crippen LogP) is 3.58. The van der Waals surface area contributed by atoms with Gasteiger partial charge in [-0.15, -0.1) is 0 Å². The molecular formula is C17H17NO. The molecule has 2 aromatic rings. The van der Waals surface area contributed by atoms with Gasteiger partial charge in [-0.25, -0.2) is 0 Å². The number of benzene rings is 2. The number of hydrogen-bond acceptors (Lipinski definition) is 2. The Morgan fingerprint density at radius 1 is 1.05 bits per heavy atom. The molecule has 0 fully saturated rings. The number of nitrogens with one attached hydrogen (secondary N) is 1. The van der Waals surface area contributed by atoms with E-state index in [1.54, 1.807) is 0 Å². The minimum atomic E-state index is 0.138. The van der Waals surface area contributed by atoms with Gasteiger partial charge in [0.05, 0.1) is 0 Å². The van der Waals surface area contributed by atoms with Crippen molar-refractivity contribution in [3.63, 3.8) is 0 Å². The van der Waals surface area contributed by atoms with Gasteiger partial charge in [0.25, 0.3) is 0 Å². The smallest absolute Gasteiger partial charge is 0.193 e. The highest BCUT2D eigenvalue weighted by Gasteiger charge is 2.19. The number of rotatable bonds is 2. The van der Waals surface area contributed by atoms with E-state index in [1.807, 2.05) is 43.3 Å². The van der Waals surface area contributed by atoms with Crippen LogP contribution in [0, 0.1) is 6.92 Å². The molecule has 1 N–H and O–H groups in total. The minimum Gasteiger partial charge on any atom is -0.385 e. The summed E-state index contributed by atoms with van der Waals surface area (Å²) in [6, 6.07) is 13.8. The molecule has 1 aliphatic rings. The fourth-order valence-electron chi connectivity index (χ4n) is 2.70. The van der Waals surface area contributed by atoms with Gasteiger partial charge in [-0.05, 0) is 37.0 Å². The molecule has 0 spiro atoms. The number of fused-ring (bicyclic) bond motifs is 1. The second-order valence-electron chi connectivity index (χ2n) is 5.01. The summed E-state index contributed by atoms with van der Waals surface area (Å²) < 4.78 is 0. The molecule has 19 heavy (non-hydrogen) atoms. The number of anilines is 1. The molecule has 2 nitrogen and oxygen atoms in total. The van der Waals surface area contributed by atoms with E-state index in [0.717, 1.165) is 41.8 Å². The van der Waals surface area contributed by atoms with E-state index in [4.69, 9.17) is 0 Å². The quantitative estimate of drug-likeness (QED) is 0.826. The number of aryl methyl sites for hydroxylation is 1. The predicted molar refractivity (Wildman–Crippen MR) is 77.9 cm³/mol. The molecule has 0 aliphatic carbocycles. The summed E-state index contributed by atoms with van der Waals surface area (Å²) in [4.78, 5) is 12.7. The van der Waals surface area contributed by atoms with Crippen molar-refractivity contribution in [2.24, 2.45) is 0 Å². The van der Waals surface area contributed by atoms with Gasteiger partial charge in [-0.1, -0.05) is 36.4 Å². The molecule has 1 heterocycles. The Balaban J connectivity index is 2.08. The van der Waals surface area contributed by atoms with Gasteiger partial charge in [-0.3, -0.25) is 4.79 Å². The van der Waals surface area contributed by atoms with Gasteiger partial charge in [-0.2, -0.15) is 0 Å². The van der Waals surface area contributed by atoms with E-state index in [2.05, 4.69) is 11.4 Å². The maximum absolute atomic E-state index is 12.7. The van der Waals surface area contributed by atoms with Crippen LogP contribution in [0.1, 0.15) is 33.5 Å². The fourth-order valence-corrected chi connectivity index (χ4v) is 2.70. The molecule has 0 amide bonds. The third kappa shape index (κ3) is 2.14. The first kappa shape index (κ1) is 12.0. The lowest BCUT2D eigenvalue weighted by atomic mass is 9.91. The van der Waals surface area contributed by atoms with Crippen molar-refractivity contribution in [1.29, 1.82) is 0 Å². The Bertz CT molecular complexity index is 631. The largest absolute Gasteiger partial charge is 0.385 e. The number of carbonyl (C=O) groups is 1. The van der Waals surface area contributed by atoms with E-state index >= 15 is 0 Å². The van der Waals surface area contributed by atoms with Crippen LogP contribution in [0.15, 0.2) is 42.5 Å². The van der Waals surface area contributed by atoms with Gasteiger partial charge >= 0.3 is 0 Å². The van der Waals surface area contributed by atoms with Crippen LogP contribution in [0.3, 0.4) is 0 Å². The Morgan fingerprint density at radius 2 is 1.84 bits per heavy atom. The zero-order valence-corrected chi connectivity index (χ0v) is 11.1. The first-order valence-corrected chi connectivity index (χ1v) is 6.73. The summed E-state index contributed by atoms with van der Waals surface area (Å²) in [7, 11) is 0. The monoisotopic (exact) mass is 251 g/mol. The Morgan fingerprint density at radius 3 is 2.68 bits per heavy atom. The summed E-state index contributed by atoms with van der Waals surface area (Å²) in [5.41, 5.74) is 4.97. The van der Waals surface area contributed by atoms with Crippen LogP contribution < -0.4 is 5.32 Å². The van der Waals surface area contributed by atoms with Crippen LogP contribution in [-0.4, -0.2) is 12.3 Å². The first-order valence-electron chi connectivity index (χ1n) is 6.73. The van der Waals surface area contributed by atoms with Crippen LogP contribution in [0.5, 0.6) is 0 Å². The average molecular weight is 251 g/mol. The summed E-state index contributed by atoms with van der Waals surface area (Å²) in [5.74, 6) is 0.138. The summed E-state index contributed by atoms with van der Waals surface area (Å²) in [6.07, 6.45) is 2.07. The van der Waals surface area contributed by atoms with Crippen LogP contribution in [-0.2, 0) is 6.42 Å². The van der Waals surface area contributed by atoms with E-state index in [9.17, 15) is 4.79 Å². The zero-order chi connectivity index (χ0) is 13.2. The standard InChI is InChI=1S/C17H17NO/c1-12-6-2-3-7-13(12)17(19)15-8-4-10-16-14(15)9-5-11-18-16/h2-4,6-8,10,18H,5,9,11H2,1H3. The second kappa shape index (κ2) is 4.88. The molecule has 96 valence electrons. The van der Waals surface area contributed by atoms with Crippen molar-refractivity contribution in [3.8, 4) is 0 Å². The van der Waals surface area contributed by atoms with Crippen molar-refractivity contribution in [2.75, 3.05) is 11.9 Å². The van der Waals surface area contributed by atoms with Crippen LogP contribution in [0.2, 0.25) is 0 Å². The van der Waals surface area contributed by atoms with Crippen molar-refractivity contribution >= 4 is 11.5 Å². The highest BCUT2D eigenvalue weighted by molar-refractivity contribution is 6.11. The molecule has 0 saturated carbocycles. The zero-order valence-electron chi connectivity index (χ0n) is 11.1. The second-order valence-corrected chi connectivity index (χ2v) is 5.01. The normalized spacial score (nSPS) is 13.5. The number of hydrogen-bond donors (Lipinski definition) is 1. The molecule has 1 aliphatic heterocycles. The first-order chi connectivity index (χ1) is 9.27. The molecule has 0 radical (unpaired) electrons. The molecule has 3 rings (SSSR count). The van der Waals surface area contributed by atoms with E-state index in [1.165, 1.54) is 5.56 Å². The van der Waals surface area contributed by atoms with Gasteiger partial charge in [0.1, 0.15) is 0 Å². The Labute approximate surface area is 113 Å². The lowest BCUT2D eigenvalue weighted by Gasteiger charge is -2.20. The molecule has 2 heteroatoms. The Hall–Kier alpha value is -2.09. The Kier molecular flexibility index (Phi) is 3.08. The maximum Gasteiger partial charge on any atom is 0.193 e. The van der Waals surface area contributed by atoms with Gasteiger partial charge in [0.2, 0.25) is 0 Å². The topological polar surface area (TPSA) is 29.1 Å². The van der Waals surface area contributed by atoms with E-state index < -0.39 is 0 Å². The van der Waals surface area contributed by atoms with Gasteiger partial charge in [0.15, 0.2) is 5.78 Å². The fraction of sp³-hybridized carbons (Fsp3) is 0.235. The number of ketones is 1. The minimum absolute atomic E-state index is 0.138. The van der Waals surface area contributed by atoms with Crippen molar-refractivity contribution in [2.45, 2.75) is 19.8 Å². The lowest BCUT2D eigenvalue weighted by Crippen LogP contribution is -2.16. The average Bonchev–Trinajstić information content (AvgIpc) is 2.46. The third-order valence-corrected chi connectivity index (χ3v) is 3.73. The molecule has 2 aromatic carbocycles. The van der Waals surface area contributed by atoms with Crippen molar-refractivity contribution in [1.82, 2.24) is 0 Å². The summed E-state index contributed by atoms with van der Waals surface area (Å²) in [5, 5.41) is 3.37. The van der Waals surface area contributed by atoms with E-state index in [0.29, 0.717) is 0 Å². The van der Waals surface area contributed by atoms with Crippen molar-refractivity contribution in [3.05, 3.63) is 64.7 Å². The van der Waals surface area contributed by atoms with Crippen LogP contribution in [0.25, 0.3) is 0 Å². The SMILES string of the molecule is Cc1ccccc1C(=O)c1cccc2c1CCCN2. The lowest BCUT2D eigenvalue weighted by molar-refractivity contribution is 0.103. The molecule has 0 bridgehead atoms. The van der Waals surface area contributed by atoms with Gasteiger partial charge in [0, 0.05) is 23.4 Å². The summed E-state index contributed by atoms with van der Waals surface area (Å²) >= 11 is 0. The van der Waals surface area contributed by atoms with Gasteiger partial charge < -0.3 is 5.32 Å². The summed E-state index contributed by atoms with van der Waals surface area (Å²) in [6.45, 7) is 2.98.